The maximum Gasteiger partial charge on any atom is 0.251 e. The highest BCUT2D eigenvalue weighted by Gasteiger charge is 2.06. The molecule has 2 rings (SSSR count). The van der Waals surface area contributed by atoms with Crippen LogP contribution in [0.3, 0.4) is 0 Å². The minimum atomic E-state index is -0.284. The summed E-state index contributed by atoms with van der Waals surface area (Å²) in [7, 11) is 0. The third kappa shape index (κ3) is 1.94. The molecule has 0 aliphatic heterocycles. The lowest BCUT2D eigenvalue weighted by atomic mass is 10.1. The van der Waals surface area contributed by atoms with Gasteiger partial charge in [0, 0.05) is 11.6 Å². The van der Waals surface area contributed by atoms with Gasteiger partial charge in [-0.15, -0.1) is 0 Å². The number of phenols is 1. The van der Waals surface area contributed by atoms with Crippen molar-refractivity contribution in [3.8, 4) is 17.0 Å². The SMILES string of the molecule is NCc1nc(-c2ccccc2O)cc(=O)[nH]1. The fourth-order valence-corrected chi connectivity index (χ4v) is 1.43. The van der Waals surface area contributed by atoms with Crippen LogP contribution in [-0.4, -0.2) is 15.1 Å². The zero-order valence-corrected chi connectivity index (χ0v) is 8.47. The van der Waals surface area contributed by atoms with E-state index in [0.717, 1.165) is 0 Å². The van der Waals surface area contributed by atoms with Gasteiger partial charge >= 0.3 is 0 Å². The summed E-state index contributed by atoms with van der Waals surface area (Å²) in [6.07, 6.45) is 0. The molecular weight excluding hydrogens is 206 g/mol. The number of hydrogen-bond acceptors (Lipinski definition) is 4. The van der Waals surface area contributed by atoms with Gasteiger partial charge in [-0.2, -0.15) is 0 Å². The van der Waals surface area contributed by atoms with E-state index in [-0.39, 0.29) is 17.9 Å². The number of aromatic amines is 1. The van der Waals surface area contributed by atoms with Crippen LogP contribution >= 0.6 is 0 Å². The molecule has 0 saturated carbocycles. The zero-order valence-electron chi connectivity index (χ0n) is 8.47. The highest BCUT2D eigenvalue weighted by atomic mass is 16.3. The molecule has 0 spiro atoms. The van der Waals surface area contributed by atoms with Crippen molar-refractivity contribution in [2.45, 2.75) is 6.54 Å². The maximum absolute atomic E-state index is 11.3. The molecule has 0 unspecified atom stereocenters. The number of phenolic OH excluding ortho intramolecular Hbond substituents is 1. The molecule has 4 N–H and O–H groups in total. The second-order valence-corrected chi connectivity index (χ2v) is 3.30. The molecule has 0 bridgehead atoms. The number of nitrogens with two attached hydrogens (primary N) is 1. The number of nitrogens with zero attached hydrogens (tertiary/aromatic N) is 1. The third-order valence-electron chi connectivity index (χ3n) is 2.16. The lowest BCUT2D eigenvalue weighted by Gasteiger charge is -2.04. The number of nitrogens with one attached hydrogen (secondary N) is 1. The quantitative estimate of drug-likeness (QED) is 0.686. The lowest BCUT2D eigenvalue weighted by molar-refractivity contribution is 0.477. The number of aromatic hydroxyl groups is 1. The molecular formula is C11H11N3O2. The van der Waals surface area contributed by atoms with Crippen molar-refractivity contribution in [2.75, 3.05) is 0 Å². The monoisotopic (exact) mass is 217 g/mol. The molecule has 0 radical (unpaired) electrons. The van der Waals surface area contributed by atoms with Crippen LogP contribution in [0.25, 0.3) is 11.3 Å². The van der Waals surface area contributed by atoms with Crippen molar-refractivity contribution in [3.63, 3.8) is 0 Å². The Morgan fingerprint density at radius 3 is 2.81 bits per heavy atom. The van der Waals surface area contributed by atoms with Crippen LogP contribution in [0, 0.1) is 0 Å². The molecule has 0 atom stereocenters. The van der Waals surface area contributed by atoms with E-state index >= 15 is 0 Å². The van der Waals surface area contributed by atoms with Crippen molar-refractivity contribution < 1.29 is 5.11 Å². The molecule has 1 aromatic heterocycles. The Morgan fingerprint density at radius 1 is 1.38 bits per heavy atom. The summed E-state index contributed by atoms with van der Waals surface area (Å²) in [5, 5.41) is 9.63. The van der Waals surface area contributed by atoms with E-state index in [4.69, 9.17) is 5.73 Å². The average Bonchev–Trinajstić information content (AvgIpc) is 2.28. The Balaban J connectivity index is 2.60. The molecule has 0 aliphatic carbocycles. The van der Waals surface area contributed by atoms with Gasteiger partial charge in [-0.05, 0) is 12.1 Å². The van der Waals surface area contributed by atoms with Gasteiger partial charge in [0.1, 0.15) is 11.6 Å². The molecule has 1 aromatic carbocycles. The van der Waals surface area contributed by atoms with Gasteiger partial charge in [-0.25, -0.2) is 4.98 Å². The zero-order chi connectivity index (χ0) is 11.5. The molecule has 0 saturated heterocycles. The second-order valence-electron chi connectivity index (χ2n) is 3.30. The molecule has 82 valence electrons. The molecule has 16 heavy (non-hydrogen) atoms. The molecule has 5 heteroatoms. The summed E-state index contributed by atoms with van der Waals surface area (Å²) < 4.78 is 0. The fourth-order valence-electron chi connectivity index (χ4n) is 1.43. The smallest absolute Gasteiger partial charge is 0.251 e. The number of benzene rings is 1. The number of aromatic nitrogens is 2. The van der Waals surface area contributed by atoms with E-state index in [1.165, 1.54) is 6.07 Å². The molecule has 0 amide bonds. The second kappa shape index (κ2) is 4.16. The van der Waals surface area contributed by atoms with Gasteiger partial charge in [-0.3, -0.25) is 4.79 Å². The number of hydrogen-bond donors (Lipinski definition) is 3. The summed E-state index contributed by atoms with van der Waals surface area (Å²) in [5.74, 6) is 0.481. The number of para-hydroxylation sites is 1. The molecule has 5 nitrogen and oxygen atoms in total. The first-order valence-electron chi connectivity index (χ1n) is 4.79. The fraction of sp³-hybridized carbons (Fsp3) is 0.0909. The van der Waals surface area contributed by atoms with Gasteiger partial charge in [0.2, 0.25) is 0 Å². The van der Waals surface area contributed by atoms with E-state index < -0.39 is 0 Å². The summed E-state index contributed by atoms with van der Waals surface area (Å²) in [4.78, 5) is 18.0. The standard InChI is InChI=1S/C11H11N3O2/c12-6-10-13-8(5-11(16)14-10)7-3-1-2-4-9(7)15/h1-5,15H,6,12H2,(H,13,14,16). The molecule has 2 aromatic rings. The van der Waals surface area contributed by atoms with Crippen molar-refractivity contribution >= 4 is 0 Å². The van der Waals surface area contributed by atoms with Crippen LogP contribution < -0.4 is 11.3 Å². The van der Waals surface area contributed by atoms with E-state index in [9.17, 15) is 9.90 Å². The summed E-state index contributed by atoms with van der Waals surface area (Å²) in [6, 6.07) is 8.03. The first-order valence-corrected chi connectivity index (χ1v) is 4.79. The van der Waals surface area contributed by atoms with Crippen molar-refractivity contribution in [3.05, 3.63) is 46.5 Å². The van der Waals surface area contributed by atoms with E-state index in [1.807, 2.05) is 0 Å². The molecule has 1 heterocycles. The number of rotatable bonds is 2. The van der Waals surface area contributed by atoms with Gasteiger partial charge in [0.25, 0.3) is 5.56 Å². The Hall–Kier alpha value is -2.14. The Bertz CT molecular complexity index is 563. The van der Waals surface area contributed by atoms with Crippen LogP contribution in [0.4, 0.5) is 0 Å². The summed E-state index contributed by atoms with van der Waals surface area (Å²) in [5.41, 5.74) is 6.06. The maximum atomic E-state index is 11.3. The van der Waals surface area contributed by atoms with Crippen LogP contribution in [0.15, 0.2) is 35.1 Å². The molecule has 0 aliphatic rings. The Labute approximate surface area is 91.6 Å². The van der Waals surface area contributed by atoms with Crippen LogP contribution in [0.2, 0.25) is 0 Å². The normalized spacial score (nSPS) is 10.3. The van der Waals surface area contributed by atoms with E-state index in [2.05, 4.69) is 9.97 Å². The topological polar surface area (TPSA) is 92.0 Å². The van der Waals surface area contributed by atoms with Crippen molar-refractivity contribution in [1.82, 2.24) is 9.97 Å². The third-order valence-corrected chi connectivity index (χ3v) is 2.16. The van der Waals surface area contributed by atoms with E-state index in [0.29, 0.717) is 17.1 Å². The lowest BCUT2D eigenvalue weighted by Crippen LogP contribution is -2.13. The minimum absolute atomic E-state index is 0.0866. The van der Waals surface area contributed by atoms with Gasteiger partial charge in [-0.1, -0.05) is 12.1 Å². The van der Waals surface area contributed by atoms with Crippen molar-refractivity contribution in [2.24, 2.45) is 5.73 Å². The highest BCUT2D eigenvalue weighted by molar-refractivity contribution is 5.66. The van der Waals surface area contributed by atoms with Crippen LogP contribution in [-0.2, 0) is 6.54 Å². The Kier molecular flexibility index (Phi) is 2.70. The van der Waals surface area contributed by atoms with E-state index in [1.54, 1.807) is 24.3 Å². The predicted molar refractivity (Wildman–Crippen MR) is 59.8 cm³/mol. The van der Waals surface area contributed by atoms with Crippen molar-refractivity contribution in [1.29, 1.82) is 0 Å². The first-order chi connectivity index (χ1) is 7.70. The van der Waals surface area contributed by atoms with Crippen LogP contribution in [0.1, 0.15) is 5.82 Å². The van der Waals surface area contributed by atoms with Gasteiger partial charge < -0.3 is 15.8 Å². The van der Waals surface area contributed by atoms with Crippen LogP contribution in [0.5, 0.6) is 5.75 Å². The summed E-state index contributed by atoms with van der Waals surface area (Å²) in [6.45, 7) is 0.149. The number of H-pyrrole nitrogens is 1. The summed E-state index contributed by atoms with van der Waals surface area (Å²) >= 11 is 0. The highest BCUT2D eigenvalue weighted by Crippen LogP contribution is 2.25. The minimum Gasteiger partial charge on any atom is -0.507 e. The van der Waals surface area contributed by atoms with Gasteiger partial charge in [0.05, 0.1) is 12.2 Å². The molecule has 0 fully saturated rings. The first kappa shape index (κ1) is 10.4. The Morgan fingerprint density at radius 2 is 2.12 bits per heavy atom. The van der Waals surface area contributed by atoms with Gasteiger partial charge in [0.15, 0.2) is 0 Å². The largest absolute Gasteiger partial charge is 0.507 e. The average molecular weight is 217 g/mol. The predicted octanol–water partition coefficient (Wildman–Crippen LogP) is 0.601.